The Morgan fingerprint density at radius 1 is 1.09 bits per heavy atom. The van der Waals surface area contributed by atoms with E-state index < -0.39 is 5.97 Å². The van der Waals surface area contributed by atoms with Crippen LogP contribution in [0.15, 0.2) is 24.3 Å². The van der Waals surface area contributed by atoms with Gasteiger partial charge in [-0.15, -0.1) is 0 Å². The molecule has 1 atom stereocenters. The van der Waals surface area contributed by atoms with Crippen molar-refractivity contribution in [2.75, 3.05) is 0 Å². The van der Waals surface area contributed by atoms with Crippen LogP contribution in [0.5, 0.6) is 5.75 Å². The molecule has 120 valence electrons. The van der Waals surface area contributed by atoms with E-state index >= 15 is 0 Å². The maximum absolute atomic E-state index is 11.7. The van der Waals surface area contributed by atoms with Crippen LogP contribution < -0.4 is 4.74 Å². The van der Waals surface area contributed by atoms with Crippen LogP contribution in [0.25, 0.3) is 0 Å². The molecule has 0 saturated heterocycles. The average Bonchev–Trinajstić information content (AvgIpc) is 2.47. The van der Waals surface area contributed by atoms with E-state index in [1.54, 1.807) is 24.3 Å². The molecule has 0 radical (unpaired) electrons. The molecule has 0 aromatic heterocycles. The molecule has 0 heterocycles. The maximum atomic E-state index is 11.7. The molecule has 0 N–H and O–H groups in total. The van der Waals surface area contributed by atoms with E-state index in [1.807, 2.05) is 20.8 Å². The Hall–Kier alpha value is -2.17. The second-order valence-electron chi connectivity index (χ2n) is 5.42. The lowest BCUT2D eigenvalue weighted by molar-refractivity contribution is -0.150. The zero-order chi connectivity index (χ0) is 16.5. The molecule has 5 nitrogen and oxygen atoms in total. The van der Waals surface area contributed by atoms with E-state index in [9.17, 15) is 14.4 Å². The lowest BCUT2D eigenvalue weighted by Crippen LogP contribution is -2.20. The first-order valence-corrected chi connectivity index (χ1v) is 7.38. The van der Waals surface area contributed by atoms with E-state index in [0.717, 1.165) is 0 Å². The number of para-hydroxylation sites is 1. The van der Waals surface area contributed by atoms with E-state index in [0.29, 0.717) is 18.3 Å². The van der Waals surface area contributed by atoms with E-state index in [4.69, 9.17) is 9.47 Å². The summed E-state index contributed by atoms with van der Waals surface area (Å²) in [5.41, 5.74) is 0.320. The standard InChI is InChI=1S/C17H22O5/c1-12(2)13(3)21-16(19)9-6-10-17(20)22-15-8-5-4-7-14(15)11-18/h4-5,7-8,11-13H,6,9-10H2,1-3H3. The fourth-order valence-corrected chi connectivity index (χ4v) is 1.62. The van der Waals surface area contributed by atoms with Crippen molar-refractivity contribution in [3.63, 3.8) is 0 Å². The average molecular weight is 306 g/mol. The maximum Gasteiger partial charge on any atom is 0.311 e. The molecule has 0 amide bonds. The molecule has 22 heavy (non-hydrogen) atoms. The van der Waals surface area contributed by atoms with Gasteiger partial charge in [-0.25, -0.2) is 0 Å². The molecule has 0 aliphatic rings. The van der Waals surface area contributed by atoms with Crippen LogP contribution in [0, 0.1) is 5.92 Å². The normalized spacial score (nSPS) is 11.8. The fourth-order valence-electron chi connectivity index (χ4n) is 1.62. The molecular formula is C17H22O5. The fraction of sp³-hybridized carbons (Fsp3) is 0.471. The van der Waals surface area contributed by atoms with Gasteiger partial charge in [0.25, 0.3) is 0 Å². The van der Waals surface area contributed by atoms with Crippen molar-refractivity contribution in [2.24, 2.45) is 5.92 Å². The minimum absolute atomic E-state index is 0.0956. The molecule has 1 aromatic rings. The van der Waals surface area contributed by atoms with Gasteiger partial charge in [-0.1, -0.05) is 26.0 Å². The monoisotopic (exact) mass is 306 g/mol. The van der Waals surface area contributed by atoms with Crippen LogP contribution in [0.2, 0.25) is 0 Å². The molecule has 0 spiro atoms. The summed E-state index contributed by atoms with van der Waals surface area (Å²) >= 11 is 0. The molecule has 5 heteroatoms. The number of aldehydes is 1. The summed E-state index contributed by atoms with van der Waals surface area (Å²) in [5, 5.41) is 0. The molecular weight excluding hydrogens is 284 g/mol. The Bertz CT molecular complexity index is 522. The number of ether oxygens (including phenoxy) is 2. The highest BCUT2D eigenvalue weighted by molar-refractivity contribution is 5.82. The third-order valence-corrected chi connectivity index (χ3v) is 3.29. The van der Waals surface area contributed by atoms with Crippen LogP contribution in [-0.4, -0.2) is 24.3 Å². The Morgan fingerprint density at radius 3 is 2.36 bits per heavy atom. The van der Waals surface area contributed by atoms with Gasteiger partial charge in [0.15, 0.2) is 6.29 Å². The smallest absolute Gasteiger partial charge is 0.311 e. The largest absolute Gasteiger partial charge is 0.462 e. The van der Waals surface area contributed by atoms with Gasteiger partial charge in [-0.05, 0) is 31.4 Å². The first kappa shape index (κ1) is 17.9. The number of hydrogen-bond acceptors (Lipinski definition) is 5. The number of carbonyl (C=O) groups is 3. The van der Waals surface area contributed by atoms with Gasteiger partial charge in [0.05, 0.1) is 5.56 Å². The minimum atomic E-state index is -0.473. The summed E-state index contributed by atoms with van der Waals surface area (Å²) in [6.07, 6.45) is 1.11. The Labute approximate surface area is 130 Å². The highest BCUT2D eigenvalue weighted by Gasteiger charge is 2.14. The van der Waals surface area contributed by atoms with Gasteiger partial charge in [0.2, 0.25) is 0 Å². The molecule has 1 unspecified atom stereocenters. The van der Waals surface area contributed by atoms with Gasteiger partial charge < -0.3 is 9.47 Å². The molecule has 1 aromatic carbocycles. The van der Waals surface area contributed by atoms with Crippen molar-refractivity contribution in [1.82, 2.24) is 0 Å². The van der Waals surface area contributed by atoms with Crippen LogP contribution in [0.1, 0.15) is 50.4 Å². The number of hydrogen-bond donors (Lipinski definition) is 0. The zero-order valence-corrected chi connectivity index (χ0v) is 13.2. The first-order valence-electron chi connectivity index (χ1n) is 7.38. The van der Waals surface area contributed by atoms with Crippen LogP contribution in [0.4, 0.5) is 0 Å². The van der Waals surface area contributed by atoms with Crippen molar-refractivity contribution in [1.29, 1.82) is 0 Å². The lowest BCUT2D eigenvalue weighted by Gasteiger charge is -2.16. The van der Waals surface area contributed by atoms with Gasteiger partial charge in [0, 0.05) is 12.8 Å². The molecule has 0 aliphatic heterocycles. The van der Waals surface area contributed by atoms with Gasteiger partial charge in [0.1, 0.15) is 11.9 Å². The summed E-state index contributed by atoms with van der Waals surface area (Å²) < 4.78 is 10.3. The lowest BCUT2D eigenvalue weighted by atomic mass is 10.1. The second kappa shape index (κ2) is 8.97. The van der Waals surface area contributed by atoms with Crippen LogP contribution in [-0.2, 0) is 14.3 Å². The van der Waals surface area contributed by atoms with Gasteiger partial charge in [-0.2, -0.15) is 0 Å². The van der Waals surface area contributed by atoms with Crippen LogP contribution in [0.3, 0.4) is 0 Å². The number of benzene rings is 1. The van der Waals surface area contributed by atoms with Crippen molar-refractivity contribution in [3.8, 4) is 5.75 Å². The molecule has 0 fully saturated rings. The predicted molar refractivity (Wildman–Crippen MR) is 81.7 cm³/mol. The SMILES string of the molecule is CC(C)C(C)OC(=O)CCCC(=O)Oc1ccccc1C=O. The third-order valence-electron chi connectivity index (χ3n) is 3.29. The Morgan fingerprint density at radius 2 is 1.73 bits per heavy atom. The first-order chi connectivity index (χ1) is 10.4. The molecule has 0 aliphatic carbocycles. The summed E-state index contributed by atoms with van der Waals surface area (Å²) in [4.78, 5) is 34.1. The highest BCUT2D eigenvalue weighted by atomic mass is 16.5. The van der Waals surface area contributed by atoms with E-state index in [1.165, 1.54) is 0 Å². The number of esters is 2. The molecule has 0 saturated carbocycles. The summed E-state index contributed by atoms with van der Waals surface area (Å²) in [6, 6.07) is 6.49. The van der Waals surface area contributed by atoms with Gasteiger partial charge in [-0.3, -0.25) is 14.4 Å². The van der Waals surface area contributed by atoms with Crippen molar-refractivity contribution >= 4 is 18.2 Å². The molecule has 0 bridgehead atoms. The topological polar surface area (TPSA) is 69.7 Å². The predicted octanol–water partition coefficient (Wildman–Crippen LogP) is 3.16. The third kappa shape index (κ3) is 6.08. The number of carbonyl (C=O) groups excluding carboxylic acids is 3. The Kier molecular flexibility index (Phi) is 7.29. The summed E-state index contributed by atoms with van der Waals surface area (Å²) in [7, 11) is 0. The second-order valence-corrected chi connectivity index (χ2v) is 5.42. The van der Waals surface area contributed by atoms with E-state index in [2.05, 4.69) is 0 Å². The minimum Gasteiger partial charge on any atom is -0.462 e. The van der Waals surface area contributed by atoms with E-state index in [-0.39, 0.29) is 36.6 Å². The van der Waals surface area contributed by atoms with Crippen LogP contribution >= 0.6 is 0 Å². The summed E-state index contributed by atoms with van der Waals surface area (Å²) in [6.45, 7) is 5.78. The van der Waals surface area contributed by atoms with Crippen molar-refractivity contribution in [2.45, 2.75) is 46.1 Å². The van der Waals surface area contributed by atoms with Crippen molar-refractivity contribution in [3.05, 3.63) is 29.8 Å². The Balaban J connectivity index is 2.35. The summed E-state index contributed by atoms with van der Waals surface area (Å²) in [5.74, 6) is -0.298. The van der Waals surface area contributed by atoms with Crippen molar-refractivity contribution < 1.29 is 23.9 Å². The quantitative estimate of drug-likeness (QED) is 0.419. The zero-order valence-electron chi connectivity index (χ0n) is 13.2. The van der Waals surface area contributed by atoms with Gasteiger partial charge >= 0.3 is 11.9 Å². The molecule has 1 rings (SSSR count). The number of rotatable bonds is 8. The highest BCUT2D eigenvalue weighted by Crippen LogP contribution is 2.17.